The number of amides is 1. The first-order valence-electron chi connectivity index (χ1n) is 10.7. The average Bonchev–Trinajstić information content (AvgIpc) is 2.84. The number of hydrogen-bond donors (Lipinski definition) is 2. The van der Waals surface area contributed by atoms with Gasteiger partial charge in [0.25, 0.3) is 5.91 Å². The molecule has 2 N–H and O–H groups in total. The van der Waals surface area contributed by atoms with Crippen molar-refractivity contribution in [1.82, 2.24) is 9.88 Å². The van der Waals surface area contributed by atoms with Crippen LogP contribution in [0.25, 0.3) is 11.3 Å². The van der Waals surface area contributed by atoms with Gasteiger partial charge in [-0.25, -0.2) is 4.98 Å². The topological polar surface area (TPSA) is 82.9 Å². The third kappa shape index (κ3) is 5.73. The van der Waals surface area contributed by atoms with Crippen LogP contribution in [0, 0.1) is 0 Å². The minimum atomic E-state index is -4.59. The second-order valence-electron chi connectivity index (χ2n) is 7.46. The van der Waals surface area contributed by atoms with Gasteiger partial charge in [-0.3, -0.25) is 4.79 Å². The Balaban J connectivity index is 1.91. The van der Waals surface area contributed by atoms with Gasteiger partial charge in [0.05, 0.1) is 29.1 Å². The number of ether oxygens (including phenoxy) is 1. The summed E-state index contributed by atoms with van der Waals surface area (Å²) in [5.74, 6) is -0.210. The lowest BCUT2D eigenvalue weighted by Gasteiger charge is -2.21. The molecule has 0 spiro atoms. The molecule has 34 heavy (non-hydrogen) atoms. The molecular weight excluding hydrogens is 449 g/mol. The Morgan fingerprint density at radius 1 is 1.06 bits per heavy atom. The molecule has 3 rings (SSSR count). The van der Waals surface area contributed by atoms with Crippen molar-refractivity contribution in [2.75, 3.05) is 19.7 Å². The Kier molecular flexibility index (Phi) is 7.90. The summed E-state index contributed by atoms with van der Waals surface area (Å²) < 4.78 is 45.6. The first-order valence-corrected chi connectivity index (χ1v) is 10.7. The van der Waals surface area contributed by atoms with Gasteiger partial charge in [0, 0.05) is 18.7 Å². The molecule has 0 bridgehead atoms. The molecule has 0 aliphatic heterocycles. The van der Waals surface area contributed by atoms with E-state index in [4.69, 9.17) is 9.84 Å². The van der Waals surface area contributed by atoms with Gasteiger partial charge in [-0.05, 0) is 68.4 Å². The number of carbonyl (C=O) groups excluding carboxylic acids is 1. The van der Waals surface area contributed by atoms with E-state index < -0.39 is 30.4 Å². The van der Waals surface area contributed by atoms with Crippen LogP contribution in [-0.2, 0) is 6.18 Å². The van der Waals surface area contributed by atoms with E-state index in [-0.39, 0.29) is 11.3 Å². The van der Waals surface area contributed by atoms with E-state index in [9.17, 15) is 23.1 Å². The number of pyridine rings is 1. The Bertz CT molecular complexity index is 1130. The Labute approximate surface area is 195 Å². The lowest BCUT2D eigenvalue weighted by molar-refractivity contribution is -0.137. The van der Waals surface area contributed by atoms with E-state index in [1.807, 2.05) is 0 Å². The monoisotopic (exact) mass is 474 g/mol. The first-order chi connectivity index (χ1) is 16.2. The zero-order valence-electron chi connectivity index (χ0n) is 18.7. The standard InChI is InChI=1S/C25H25F3N2O4/c1-3-30(4-2)24(33)19-14-17(25(26,27)28)10-13-23(19)34-18-11-8-16(9-12-18)20-6-5-7-21(29-20)22(32)15-31/h5-14,22,31-32H,3-4,15H2,1-2H3. The van der Waals surface area contributed by atoms with Crippen LogP contribution in [0.15, 0.2) is 60.7 Å². The molecule has 180 valence electrons. The van der Waals surface area contributed by atoms with Crippen molar-refractivity contribution >= 4 is 5.91 Å². The zero-order chi connectivity index (χ0) is 24.9. The van der Waals surface area contributed by atoms with Crippen molar-refractivity contribution < 1.29 is 32.9 Å². The summed E-state index contributed by atoms with van der Waals surface area (Å²) in [5, 5.41) is 18.9. The summed E-state index contributed by atoms with van der Waals surface area (Å²) in [6.07, 6.45) is -5.69. The fourth-order valence-electron chi connectivity index (χ4n) is 3.36. The number of nitrogens with zero attached hydrogens (tertiary/aromatic N) is 2. The number of rotatable bonds is 8. The van der Waals surface area contributed by atoms with Crippen molar-refractivity contribution in [1.29, 1.82) is 0 Å². The molecule has 2 aromatic carbocycles. The molecule has 0 fully saturated rings. The zero-order valence-corrected chi connectivity index (χ0v) is 18.7. The average molecular weight is 474 g/mol. The number of aliphatic hydroxyl groups is 2. The van der Waals surface area contributed by atoms with Crippen molar-refractivity contribution in [2.24, 2.45) is 0 Å². The molecular formula is C25H25F3N2O4. The highest BCUT2D eigenvalue weighted by molar-refractivity contribution is 5.97. The summed E-state index contributed by atoms with van der Waals surface area (Å²) in [7, 11) is 0. The van der Waals surface area contributed by atoms with Crippen LogP contribution in [0.5, 0.6) is 11.5 Å². The van der Waals surface area contributed by atoms with E-state index >= 15 is 0 Å². The highest BCUT2D eigenvalue weighted by atomic mass is 19.4. The first kappa shape index (κ1) is 25.2. The highest BCUT2D eigenvalue weighted by Gasteiger charge is 2.32. The molecule has 1 amide bonds. The van der Waals surface area contributed by atoms with Gasteiger partial charge in [-0.15, -0.1) is 0 Å². The molecule has 1 heterocycles. The van der Waals surface area contributed by atoms with E-state index in [0.717, 1.165) is 18.2 Å². The van der Waals surface area contributed by atoms with Crippen LogP contribution in [-0.4, -0.2) is 45.7 Å². The van der Waals surface area contributed by atoms with Crippen molar-refractivity contribution in [3.8, 4) is 22.8 Å². The van der Waals surface area contributed by atoms with Crippen LogP contribution >= 0.6 is 0 Å². The second kappa shape index (κ2) is 10.7. The fourth-order valence-corrected chi connectivity index (χ4v) is 3.36. The minimum Gasteiger partial charge on any atom is -0.457 e. The summed E-state index contributed by atoms with van der Waals surface area (Å²) in [6, 6.07) is 14.5. The van der Waals surface area contributed by atoms with Crippen molar-refractivity contribution in [3.63, 3.8) is 0 Å². The SMILES string of the molecule is CCN(CC)C(=O)c1cc(C(F)(F)F)ccc1Oc1ccc(-c2cccc(C(O)CO)n2)cc1. The third-order valence-corrected chi connectivity index (χ3v) is 5.25. The summed E-state index contributed by atoms with van der Waals surface area (Å²) >= 11 is 0. The van der Waals surface area contributed by atoms with Gasteiger partial charge >= 0.3 is 6.18 Å². The summed E-state index contributed by atoms with van der Waals surface area (Å²) in [6.45, 7) is 3.73. The quantitative estimate of drug-likeness (QED) is 0.477. The molecule has 0 aliphatic rings. The number of halogens is 3. The molecule has 1 atom stereocenters. The van der Waals surface area contributed by atoms with Crippen molar-refractivity contribution in [3.05, 3.63) is 77.5 Å². The highest BCUT2D eigenvalue weighted by Crippen LogP contribution is 2.35. The minimum absolute atomic E-state index is 0.0174. The molecule has 0 saturated carbocycles. The summed E-state index contributed by atoms with van der Waals surface area (Å²) in [4.78, 5) is 18.6. The second-order valence-corrected chi connectivity index (χ2v) is 7.46. The Hall–Kier alpha value is -3.43. The number of hydrogen-bond acceptors (Lipinski definition) is 5. The van der Waals surface area contributed by atoms with Crippen LogP contribution in [0.3, 0.4) is 0 Å². The molecule has 0 saturated heterocycles. The van der Waals surface area contributed by atoms with E-state index in [2.05, 4.69) is 4.98 Å². The van der Waals surface area contributed by atoms with Crippen LogP contribution in [0.4, 0.5) is 13.2 Å². The number of aromatic nitrogens is 1. The molecule has 9 heteroatoms. The predicted molar refractivity (Wildman–Crippen MR) is 120 cm³/mol. The number of carbonyl (C=O) groups is 1. The van der Waals surface area contributed by atoms with E-state index in [1.54, 1.807) is 56.3 Å². The Morgan fingerprint density at radius 3 is 2.32 bits per heavy atom. The van der Waals surface area contributed by atoms with E-state index in [0.29, 0.717) is 35.8 Å². The van der Waals surface area contributed by atoms with Gasteiger partial charge in [-0.2, -0.15) is 13.2 Å². The molecule has 6 nitrogen and oxygen atoms in total. The largest absolute Gasteiger partial charge is 0.457 e. The molecule has 0 aliphatic carbocycles. The van der Waals surface area contributed by atoms with Gasteiger partial charge in [-0.1, -0.05) is 6.07 Å². The lowest BCUT2D eigenvalue weighted by Crippen LogP contribution is -2.31. The maximum atomic E-state index is 13.3. The van der Waals surface area contributed by atoms with Crippen LogP contribution in [0.2, 0.25) is 0 Å². The predicted octanol–water partition coefficient (Wildman–Crippen LogP) is 5.07. The van der Waals surface area contributed by atoms with E-state index in [1.165, 1.54) is 4.90 Å². The smallest absolute Gasteiger partial charge is 0.416 e. The molecule has 1 aromatic heterocycles. The molecule has 1 unspecified atom stereocenters. The number of aliphatic hydroxyl groups excluding tert-OH is 2. The summed E-state index contributed by atoms with van der Waals surface area (Å²) in [5.41, 5.74) is 0.482. The number of benzene rings is 2. The van der Waals surface area contributed by atoms with Gasteiger partial charge < -0.3 is 19.8 Å². The molecule has 3 aromatic rings. The van der Waals surface area contributed by atoms with Gasteiger partial charge in [0.2, 0.25) is 0 Å². The van der Waals surface area contributed by atoms with Gasteiger partial charge in [0.1, 0.15) is 17.6 Å². The normalized spacial score (nSPS) is 12.3. The molecule has 0 radical (unpaired) electrons. The fraction of sp³-hybridized carbons (Fsp3) is 0.280. The van der Waals surface area contributed by atoms with Crippen LogP contribution < -0.4 is 4.74 Å². The third-order valence-electron chi connectivity index (χ3n) is 5.25. The lowest BCUT2D eigenvalue weighted by atomic mass is 10.1. The Morgan fingerprint density at radius 2 is 1.74 bits per heavy atom. The maximum Gasteiger partial charge on any atom is 0.416 e. The van der Waals surface area contributed by atoms with Gasteiger partial charge in [0.15, 0.2) is 0 Å². The van der Waals surface area contributed by atoms with Crippen LogP contribution in [0.1, 0.15) is 41.6 Å². The number of alkyl halides is 3. The maximum absolute atomic E-state index is 13.3. The van der Waals surface area contributed by atoms with Crippen molar-refractivity contribution in [2.45, 2.75) is 26.1 Å².